The summed E-state index contributed by atoms with van der Waals surface area (Å²) < 4.78 is 20.0. The molecule has 38 heavy (non-hydrogen) atoms. The Kier molecular flexibility index (Phi) is 9.58. The highest BCUT2D eigenvalue weighted by Crippen LogP contribution is 2.32. The lowest BCUT2D eigenvalue weighted by molar-refractivity contribution is -0.138. The largest absolute Gasteiger partial charge is 0.488 e. The molecule has 2 saturated heterocycles. The van der Waals surface area contributed by atoms with Crippen LogP contribution in [0.4, 0.5) is 10.1 Å². The smallest absolute Gasteiger partial charge is 0.234 e. The predicted octanol–water partition coefficient (Wildman–Crippen LogP) is 0.598. The van der Waals surface area contributed by atoms with Gasteiger partial charge in [0.2, 0.25) is 11.8 Å². The van der Waals surface area contributed by atoms with Gasteiger partial charge in [-0.15, -0.1) is 4.91 Å². The number of nitrogens with two attached hydrogens (primary N) is 1. The number of hydrogen-bond acceptors (Lipinski definition) is 10. The van der Waals surface area contributed by atoms with Crippen LogP contribution in [0.2, 0.25) is 0 Å². The molecule has 1 aliphatic carbocycles. The van der Waals surface area contributed by atoms with Gasteiger partial charge in [-0.2, -0.15) is 0 Å². The Morgan fingerprint density at radius 2 is 1.92 bits per heavy atom. The zero-order valence-corrected chi connectivity index (χ0v) is 22.1. The van der Waals surface area contributed by atoms with E-state index in [1.54, 1.807) is 24.2 Å². The fourth-order valence-corrected chi connectivity index (χ4v) is 5.53. The van der Waals surface area contributed by atoms with Gasteiger partial charge in [0.15, 0.2) is 6.17 Å². The molecular formula is C25H39FN8O4. The number of ether oxygens (including phenoxy) is 1. The minimum Gasteiger partial charge on any atom is -0.488 e. The van der Waals surface area contributed by atoms with E-state index in [4.69, 9.17) is 10.5 Å². The van der Waals surface area contributed by atoms with Crippen LogP contribution in [0.25, 0.3) is 0 Å². The van der Waals surface area contributed by atoms with E-state index in [1.807, 2.05) is 4.90 Å². The van der Waals surface area contributed by atoms with Crippen molar-refractivity contribution in [3.8, 4) is 5.75 Å². The molecule has 3 heterocycles. The quantitative estimate of drug-likeness (QED) is 0.408. The molecule has 4 atom stereocenters. The Morgan fingerprint density at radius 1 is 1.21 bits per heavy atom. The SMILES string of the molecule is CN1CCN(C(=O)[C@H]2CC[C@@H](Oc3ccncc3NC(=O)C(C(N)N=O)C3NCC(F)CN3C)CC2)CC1. The molecule has 4 N–H and O–H groups in total. The lowest BCUT2D eigenvalue weighted by atomic mass is 9.86. The van der Waals surface area contributed by atoms with E-state index in [1.165, 1.54) is 6.20 Å². The summed E-state index contributed by atoms with van der Waals surface area (Å²) in [5.74, 6) is -0.911. The van der Waals surface area contributed by atoms with Crippen LogP contribution in [0.3, 0.4) is 0 Å². The van der Waals surface area contributed by atoms with Gasteiger partial charge in [0, 0.05) is 57.4 Å². The highest BCUT2D eigenvalue weighted by molar-refractivity contribution is 5.94. The van der Waals surface area contributed by atoms with Crippen molar-refractivity contribution in [3.63, 3.8) is 0 Å². The number of piperazine rings is 1. The standard InChI is InChI=1S/C25H39FN8O4/c1-32-9-11-34(12-10-32)25(36)16-3-5-18(6-4-16)38-20-7-8-28-14-19(20)30-24(35)21(22(27)31-37)23-29-13-17(26)15-33(23)2/h7-8,14,16-18,21-23,29H,3-6,9-13,15,27H2,1-2H3,(H,30,35)/t16-,17?,18+,21?,22?,23?. The molecule has 1 aromatic heterocycles. The Bertz CT molecular complexity index is 970. The Morgan fingerprint density at radius 3 is 2.58 bits per heavy atom. The van der Waals surface area contributed by atoms with Crippen molar-refractivity contribution >= 4 is 17.5 Å². The molecule has 4 rings (SSSR count). The number of carbonyl (C=O) groups excluding carboxylic acids is 2. The van der Waals surface area contributed by atoms with Crippen LogP contribution < -0.4 is 21.1 Å². The molecule has 0 aromatic carbocycles. The van der Waals surface area contributed by atoms with Gasteiger partial charge < -0.3 is 25.6 Å². The number of hydrogen-bond donors (Lipinski definition) is 3. The molecule has 1 saturated carbocycles. The molecule has 3 aliphatic rings. The first kappa shape index (κ1) is 28.3. The van der Waals surface area contributed by atoms with Gasteiger partial charge in [0.25, 0.3) is 0 Å². The van der Waals surface area contributed by atoms with Crippen molar-refractivity contribution in [2.24, 2.45) is 22.7 Å². The first-order valence-corrected chi connectivity index (χ1v) is 13.3. The third kappa shape index (κ3) is 6.82. The topological polar surface area (TPSA) is 145 Å². The van der Waals surface area contributed by atoms with Crippen LogP contribution >= 0.6 is 0 Å². The Hall–Kier alpha value is -2.74. The molecule has 3 fully saturated rings. The van der Waals surface area contributed by atoms with E-state index in [9.17, 15) is 18.9 Å². The summed E-state index contributed by atoms with van der Waals surface area (Å²) in [6.07, 6.45) is 2.80. The van der Waals surface area contributed by atoms with Crippen LogP contribution in [0.15, 0.2) is 23.6 Å². The summed E-state index contributed by atoms with van der Waals surface area (Å²) in [5, 5.41) is 8.62. The molecular weight excluding hydrogens is 495 g/mol. The predicted molar refractivity (Wildman–Crippen MR) is 140 cm³/mol. The van der Waals surface area contributed by atoms with E-state index in [-0.39, 0.29) is 31.0 Å². The number of aromatic nitrogens is 1. The molecule has 0 spiro atoms. The van der Waals surface area contributed by atoms with Crippen LogP contribution in [-0.2, 0) is 9.59 Å². The lowest BCUT2D eigenvalue weighted by Gasteiger charge is -2.39. The fraction of sp³-hybridized carbons (Fsp3) is 0.720. The summed E-state index contributed by atoms with van der Waals surface area (Å²) >= 11 is 0. The fourth-order valence-electron chi connectivity index (χ4n) is 5.53. The van der Waals surface area contributed by atoms with Crippen molar-refractivity contribution in [1.29, 1.82) is 0 Å². The number of anilines is 1. The lowest BCUT2D eigenvalue weighted by Crippen LogP contribution is -2.62. The highest BCUT2D eigenvalue weighted by Gasteiger charge is 2.40. The summed E-state index contributed by atoms with van der Waals surface area (Å²) in [7, 11) is 3.73. The average molecular weight is 535 g/mol. The third-order valence-electron chi connectivity index (χ3n) is 7.81. The van der Waals surface area contributed by atoms with Crippen molar-refractivity contribution in [1.82, 2.24) is 25.0 Å². The van der Waals surface area contributed by atoms with Crippen molar-refractivity contribution < 1.29 is 18.7 Å². The maximum absolute atomic E-state index is 13.8. The zero-order chi connectivity index (χ0) is 27.2. The van der Waals surface area contributed by atoms with Crippen LogP contribution in [0.1, 0.15) is 25.7 Å². The number of carbonyl (C=O) groups is 2. The summed E-state index contributed by atoms with van der Waals surface area (Å²) in [4.78, 5) is 47.5. The second-order valence-electron chi connectivity index (χ2n) is 10.6. The molecule has 0 bridgehead atoms. The first-order chi connectivity index (χ1) is 18.3. The van der Waals surface area contributed by atoms with Crippen molar-refractivity contribution in [2.45, 2.75) is 50.3 Å². The van der Waals surface area contributed by atoms with E-state index in [0.717, 1.165) is 51.9 Å². The minimum atomic E-state index is -1.33. The number of halogens is 1. The number of nitrogens with zero attached hydrogens (tertiary/aromatic N) is 5. The summed E-state index contributed by atoms with van der Waals surface area (Å²) in [6.45, 7) is 3.50. The molecule has 2 amide bonds. The molecule has 13 heteroatoms. The number of pyridine rings is 1. The maximum atomic E-state index is 13.8. The Balaban J connectivity index is 1.36. The third-order valence-corrected chi connectivity index (χ3v) is 7.81. The summed E-state index contributed by atoms with van der Waals surface area (Å²) in [5.41, 5.74) is 6.25. The van der Waals surface area contributed by atoms with Gasteiger partial charge in [-0.05, 0) is 39.8 Å². The maximum Gasteiger partial charge on any atom is 0.234 e. The highest BCUT2D eigenvalue weighted by atomic mass is 19.1. The molecule has 2 aliphatic heterocycles. The monoisotopic (exact) mass is 534 g/mol. The molecule has 0 radical (unpaired) electrons. The van der Waals surface area contributed by atoms with Gasteiger partial charge in [-0.3, -0.25) is 24.8 Å². The van der Waals surface area contributed by atoms with Gasteiger partial charge >= 0.3 is 0 Å². The molecule has 12 nitrogen and oxygen atoms in total. The molecule has 210 valence electrons. The molecule has 1 aromatic rings. The normalized spacial score (nSPS) is 28.8. The van der Waals surface area contributed by atoms with Crippen molar-refractivity contribution in [2.75, 3.05) is 58.7 Å². The Labute approximate surface area is 222 Å². The van der Waals surface area contributed by atoms with Gasteiger partial charge in [0.05, 0.1) is 18.5 Å². The second-order valence-corrected chi connectivity index (χ2v) is 10.6. The van der Waals surface area contributed by atoms with E-state index in [0.29, 0.717) is 11.4 Å². The van der Waals surface area contributed by atoms with Gasteiger partial charge in [-0.1, -0.05) is 5.18 Å². The molecule has 4 unspecified atom stereocenters. The average Bonchev–Trinajstić information content (AvgIpc) is 2.91. The number of nitrogens with one attached hydrogen (secondary N) is 2. The first-order valence-electron chi connectivity index (χ1n) is 13.3. The number of alkyl halides is 1. The summed E-state index contributed by atoms with van der Waals surface area (Å²) in [6, 6.07) is 1.67. The zero-order valence-electron chi connectivity index (χ0n) is 22.1. The van der Waals surface area contributed by atoms with E-state index < -0.39 is 30.3 Å². The minimum absolute atomic E-state index is 0.0110. The van der Waals surface area contributed by atoms with E-state index in [2.05, 4.69) is 32.7 Å². The second kappa shape index (κ2) is 12.9. The van der Waals surface area contributed by atoms with Crippen molar-refractivity contribution in [3.05, 3.63) is 23.4 Å². The van der Waals surface area contributed by atoms with Crippen LogP contribution in [0.5, 0.6) is 5.75 Å². The van der Waals surface area contributed by atoms with Crippen LogP contribution in [0, 0.1) is 16.7 Å². The van der Waals surface area contributed by atoms with Gasteiger partial charge in [0.1, 0.15) is 23.5 Å². The van der Waals surface area contributed by atoms with E-state index >= 15 is 0 Å². The number of amides is 2. The van der Waals surface area contributed by atoms with Gasteiger partial charge in [-0.25, -0.2) is 4.39 Å². The van der Waals surface area contributed by atoms with Crippen LogP contribution in [-0.4, -0.2) is 109 Å². The number of nitroso groups, excluding NO2 is 1. The number of rotatable bonds is 8. The number of likely N-dealkylation sites (N-methyl/N-ethyl adjacent to an activating group) is 1.